The van der Waals surface area contributed by atoms with Gasteiger partial charge in [-0.25, -0.2) is 0 Å². The van der Waals surface area contributed by atoms with Gasteiger partial charge in [0, 0.05) is 22.7 Å². The van der Waals surface area contributed by atoms with Crippen molar-refractivity contribution in [3.05, 3.63) is 64.2 Å². The van der Waals surface area contributed by atoms with E-state index in [1.165, 1.54) is 26.0 Å². The maximum absolute atomic E-state index is 12.9. The SMILES string of the molecule is COc1ccc(OC)c(C2/C(=C(/O)c3ccc(Cl)cc3)C(=O)C(=O)N2CC(C)O)c1. The van der Waals surface area contributed by atoms with Gasteiger partial charge in [0.15, 0.2) is 0 Å². The van der Waals surface area contributed by atoms with Gasteiger partial charge in [0.05, 0.1) is 31.9 Å². The van der Waals surface area contributed by atoms with Crippen molar-refractivity contribution < 1.29 is 29.3 Å². The minimum atomic E-state index is -0.972. The van der Waals surface area contributed by atoms with E-state index >= 15 is 0 Å². The lowest BCUT2D eigenvalue weighted by Gasteiger charge is -2.27. The molecule has 1 aliphatic heterocycles. The van der Waals surface area contributed by atoms with Gasteiger partial charge in [-0.2, -0.15) is 0 Å². The lowest BCUT2D eigenvalue weighted by Crippen LogP contribution is -2.35. The van der Waals surface area contributed by atoms with Crippen molar-refractivity contribution in [3.63, 3.8) is 0 Å². The van der Waals surface area contributed by atoms with Crippen LogP contribution in [-0.4, -0.2) is 53.7 Å². The van der Waals surface area contributed by atoms with Crippen LogP contribution in [0.25, 0.3) is 5.76 Å². The van der Waals surface area contributed by atoms with Crippen LogP contribution >= 0.6 is 11.6 Å². The van der Waals surface area contributed by atoms with E-state index in [1.54, 1.807) is 42.5 Å². The fourth-order valence-electron chi connectivity index (χ4n) is 3.49. The molecule has 0 radical (unpaired) electrons. The van der Waals surface area contributed by atoms with Crippen LogP contribution in [0.5, 0.6) is 11.5 Å². The second-order valence-corrected chi connectivity index (χ2v) is 7.35. The highest BCUT2D eigenvalue weighted by Gasteiger charge is 2.47. The molecule has 2 unspecified atom stereocenters. The summed E-state index contributed by atoms with van der Waals surface area (Å²) in [4.78, 5) is 27.0. The number of carbonyl (C=O) groups excluding carboxylic acids is 2. The van der Waals surface area contributed by atoms with Crippen molar-refractivity contribution in [1.29, 1.82) is 0 Å². The number of rotatable bonds is 6. The summed E-state index contributed by atoms with van der Waals surface area (Å²) in [6.45, 7) is 1.41. The smallest absolute Gasteiger partial charge is 0.295 e. The number of halogens is 1. The maximum Gasteiger partial charge on any atom is 0.295 e. The van der Waals surface area contributed by atoms with Gasteiger partial charge >= 0.3 is 0 Å². The van der Waals surface area contributed by atoms with E-state index in [0.29, 0.717) is 27.6 Å². The Hall–Kier alpha value is -3.03. The summed E-state index contributed by atoms with van der Waals surface area (Å²) in [7, 11) is 2.96. The molecule has 2 aromatic rings. The van der Waals surface area contributed by atoms with Crippen LogP contribution in [0.15, 0.2) is 48.0 Å². The maximum atomic E-state index is 12.9. The lowest BCUT2D eigenvalue weighted by atomic mass is 9.94. The molecule has 0 saturated carbocycles. The first-order chi connectivity index (χ1) is 14.3. The molecule has 2 atom stereocenters. The van der Waals surface area contributed by atoms with Crippen molar-refractivity contribution in [2.75, 3.05) is 20.8 Å². The summed E-state index contributed by atoms with van der Waals surface area (Å²) in [5.74, 6) is -1.12. The van der Waals surface area contributed by atoms with Crippen molar-refractivity contribution in [2.24, 2.45) is 0 Å². The van der Waals surface area contributed by atoms with Gasteiger partial charge in [0.1, 0.15) is 17.3 Å². The number of ether oxygens (including phenoxy) is 2. The Balaban J connectivity index is 2.27. The van der Waals surface area contributed by atoms with E-state index in [0.717, 1.165) is 0 Å². The fraction of sp³-hybridized carbons (Fsp3) is 0.273. The van der Waals surface area contributed by atoms with Gasteiger partial charge in [-0.05, 0) is 49.4 Å². The summed E-state index contributed by atoms with van der Waals surface area (Å²) in [5.41, 5.74) is 0.683. The highest BCUT2D eigenvalue weighted by Crippen LogP contribution is 2.43. The standard InChI is InChI=1S/C22H22ClNO6/c1-12(25)11-24-19(16-10-15(29-2)8-9-17(16)30-3)18(21(27)22(24)28)20(26)13-4-6-14(23)7-5-13/h4-10,12,19,25-26H,11H2,1-3H3/b20-18-. The Morgan fingerprint density at radius 3 is 2.37 bits per heavy atom. The number of benzene rings is 2. The number of amides is 1. The number of aliphatic hydroxyl groups excluding tert-OH is 2. The van der Waals surface area contributed by atoms with Gasteiger partial charge in [-0.1, -0.05) is 11.6 Å². The number of likely N-dealkylation sites (tertiary alicyclic amines) is 1. The number of carbonyl (C=O) groups is 2. The molecule has 7 nitrogen and oxygen atoms in total. The Bertz CT molecular complexity index is 999. The van der Waals surface area contributed by atoms with Crippen LogP contribution in [0.2, 0.25) is 5.02 Å². The van der Waals surface area contributed by atoms with E-state index in [2.05, 4.69) is 0 Å². The summed E-state index contributed by atoms with van der Waals surface area (Å²) >= 11 is 5.92. The minimum absolute atomic E-state index is 0.102. The average Bonchev–Trinajstić information content (AvgIpc) is 2.97. The van der Waals surface area contributed by atoms with Crippen LogP contribution < -0.4 is 9.47 Å². The number of aliphatic hydroxyl groups is 2. The molecule has 30 heavy (non-hydrogen) atoms. The van der Waals surface area contributed by atoms with E-state index < -0.39 is 23.8 Å². The number of β-amino-alcohol motifs (C(OH)–C–C–N with tert-alkyl or cyclic N) is 1. The lowest BCUT2D eigenvalue weighted by molar-refractivity contribution is -0.140. The zero-order valence-electron chi connectivity index (χ0n) is 16.8. The molecule has 0 aromatic heterocycles. The number of methoxy groups -OCH3 is 2. The van der Waals surface area contributed by atoms with Crippen LogP contribution in [0.3, 0.4) is 0 Å². The topological polar surface area (TPSA) is 96.3 Å². The molecule has 1 heterocycles. The average molecular weight is 432 g/mol. The molecular formula is C22H22ClNO6. The fourth-order valence-corrected chi connectivity index (χ4v) is 3.62. The molecule has 2 aromatic carbocycles. The summed E-state index contributed by atoms with van der Waals surface area (Å²) < 4.78 is 10.7. The van der Waals surface area contributed by atoms with E-state index in [-0.39, 0.29) is 17.9 Å². The number of Topliss-reactive ketones (excluding diaryl/α,β-unsaturated/α-hetero) is 1. The van der Waals surface area contributed by atoms with Crippen molar-refractivity contribution >= 4 is 29.1 Å². The predicted octanol–water partition coefficient (Wildman–Crippen LogP) is 3.16. The van der Waals surface area contributed by atoms with Crippen LogP contribution in [0, 0.1) is 0 Å². The summed E-state index contributed by atoms with van der Waals surface area (Å²) in [6.07, 6.45) is -0.891. The van der Waals surface area contributed by atoms with Gasteiger partial charge < -0.3 is 24.6 Å². The van der Waals surface area contributed by atoms with E-state index in [4.69, 9.17) is 21.1 Å². The molecule has 3 rings (SSSR count). The third kappa shape index (κ3) is 3.99. The Labute approximate surface area is 179 Å². The van der Waals surface area contributed by atoms with E-state index in [9.17, 15) is 19.8 Å². The van der Waals surface area contributed by atoms with Crippen LogP contribution in [0.4, 0.5) is 0 Å². The first kappa shape index (κ1) is 21.7. The number of hydrogen-bond acceptors (Lipinski definition) is 6. The van der Waals surface area contributed by atoms with Crippen LogP contribution in [-0.2, 0) is 9.59 Å². The molecule has 0 aliphatic carbocycles. The Morgan fingerprint density at radius 2 is 1.80 bits per heavy atom. The quantitative estimate of drug-likeness (QED) is 0.414. The number of hydrogen-bond donors (Lipinski definition) is 2. The van der Waals surface area contributed by atoms with Gasteiger partial charge in [0.25, 0.3) is 11.7 Å². The highest BCUT2D eigenvalue weighted by atomic mass is 35.5. The molecule has 2 N–H and O–H groups in total. The molecule has 1 fully saturated rings. The highest BCUT2D eigenvalue weighted by molar-refractivity contribution is 6.46. The van der Waals surface area contributed by atoms with Crippen molar-refractivity contribution in [1.82, 2.24) is 4.90 Å². The molecule has 0 spiro atoms. The molecule has 1 aliphatic rings. The second kappa shape index (κ2) is 8.77. The molecular weight excluding hydrogens is 410 g/mol. The molecule has 158 valence electrons. The monoisotopic (exact) mass is 431 g/mol. The molecule has 1 amide bonds. The third-order valence-corrected chi connectivity index (χ3v) is 5.10. The van der Waals surface area contributed by atoms with Crippen molar-refractivity contribution in [2.45, 2.75) is 19.1 Å². The second-order valence-electron chi connectivity index (χ2n) is 6.92. The zero-order valence-corrected chi connectivity index (χ0v) is 17.5. The van der Waals surface area contributed by atoms with Crippen molar-refractivity contribution in [3.8, 4) is 11.5 Å². The summed E-state index contributed by atoms with van der Waals surface area (Å²) in [6, 6.07) is 10.3. The first-order valence-corrected chi connectivity index (χ1v) is 9.60. The largest absolute Gasteiger partial charge is 0.507 e. The molecule has 1 saturated heterocycles. The molecule has 0 bridgehead atoms. The van der Waals surface area contributed by atoms with E-state index in [1.807, 2.05) is 0 Å². The first-order valence-electron chi connectivity index (χ1n) is 9.22. The minimum Gasteiger partial charge on any atom is -0.507 e. The Morgan fingerprint density at radius 1 is 1.13 bits per heavy atom. The van der Waals surface area contributed by atoms with Gasteiger partial charge in [-0.3, -0.25) is 9.59 Å². The normalized spacial score (nSPS) is 19.1. The predicted molar refractivity (Wildman–Crippen MR) is 112 cm³/mol. The van der Waals surface area contributed by atoms with Gasteiger partial charge in [0.2, 0.25) is 0 Å². The number of ketones is 1. The number of nitrogens with zero attached hydrogens (tertiary/aromatic N) is 1. The van der Waals surface area contributed by atoms with Gasteiger partial charge in [-0.15, -0.1) is 0 Å². The summed E-state index contributed by atoms with van der Waals surface area (Å²) in [5, 5.41) is 21.4. The third-order valence-electron chi connectivity index (χ3n) is 4.85. The molecule has 8 heteroatoms. The van der Waals surface area contributed by atoms with Crippen LogP contribution in [0.1, 0.15) is 24.1 Å². The Kier molecular flexibility index (Phi) is 6.34. The zero-order chi connectivity index (χ0) is 22.0.